The van der Waals surface area contributed by atoms with Crippen molar-refractivity contribution in [2.24, 2.45) is 5.92 Å². The highest BCUT2D eigenvalue weighted by Gasteiger charge is 2.37. The zero-order valence-electron chi connectivity index (χ0n) is 18.1. The molecule has 2 aliphatic heterocycles. The molecule has 1 aromatic heterocycles. The first-order chi connectivity index (χ1) is 15.6. The number of carbonyl (C=O) groups is 1. The lowest BCUT2D eigenvalue weighted by atomic mass is 9.93. The zero-order chi connectivity index (χ0) is 23.8. The van der Waals surface area contributed by atoms with Gasteiger partial charge < -0.3 is 9.42 Å². The van der Waals surface area contributed by atoms with Gasteiger partial charge in [0.2, 0.25) is 21.8 Å². The Labute approximate surface area is 189 Å². The predicted molar refractivity (Wildman–Crippen MR) is 111 cm³/mol. The molecule has 33 heavy (non-hydrogen) atoms. The summed E-state index contributed by atoms with van der Waals surface area (Å²) >= 11 is 0. The fraction of sp³-hybridized carbons (Fsp3) is 0.571. The summed E-state index contributed by atoms with van der Waals surface area (Å²) in [7, 11) is -4.08. The Kier molecular flexibility index (Phi) is 6.50. The van der Waals surface area contributed by atoms with E-state index in [2.05, 4.69) is 10.1 Å². The number of sulfonamides is 1. The third-order valence-electron chi connectivity index (χ3n) is 6.23. The van der Waals surface area contributed by atoms with Gasteiger partial charge in [0.15, 0.2) is 5.82 Å². The number of hydrogen-bond donors (Lipinski definition) is 0. The van der Waals surface area contributed by atoms with Crippen LogP contribution in [0.3, 0.4) is 0 Å². The second-order valence-electron chi connectivity index (χ2n) is 8.51. The van der Waals surface area contributed by atoms with Crippen molar-refractivity contribution in [3.05, 3.63) is 41.5 Å². The number of alkyl halides is 3. The number of rotatable bonds is 4. The zero-order valence-corrected chi connectivity index (χ0v) is 18.9. The van der Waals surface area contributed by atoms with Crippen molar-refractivity contribution in [3.63, 3.8) is 0 Å². The fourth-order valence-corrected chi connectivity index (χ4v) is 5.96. The number of piperidine rings is 2. The molecule has 0 spiro atoms. The van der Waals surface area contributed by atoms with E-state index in [-0.39, 0.29) is 30.8 Å². The van der Waals surface area contributed by atoms with E-state index in [1.54, 1.807) is 11.8 Å². The van der Waals surface area contributed by atoms with Crippen LogP contribution in [0.25, 0.3) is 0 Å². The number of benzene rings is 1. The van der Waals surface area contributed by atoms with Gasteiger partial charge in [-0.05, 0) is 50.8 Å². The summed E-state index contributed by atoms with van der Waals surface area (Å²) in [6.07, 6.45) is -2.34. The summed E-state index contributed by atoms with van der Waals surface area (Å²) in [5, 5.41) is 3.81. The monoisotopic (exact) mass is 486 g/mol. The Morgan fingerprint density at radius 2 is 1.88 bits per heavy atom. The van der Waals surface area contributed by atoms with Crippen LogP contribution in [-0.2, 0) is 21.0 Å². The van der Waals surface area contributed by atoms with Gasteiger partial charge in [-0.25, -0.2) is 8.42 Å². The lowest BCUT2D eigenvalue weighted by Gasteiger charge is -2.36. The van der Waals surface area contributed by atoms with Gasteiger partial charge in [0.25, 0.3) is 0 Å². The standard InChI is InChI=1S/C21H25F3N4O4S/c1-14-25-19(32-26-14)16-4-3-9-27(13-16)20(29)15-7-10-28(11-8-15)33(30,31)18-6-2-5-17(12-18)21(22,23)24/h2,5-6,12,15-16H,3-4,7-11,13H2,1H3. The number of halogens is 3. The summed E-state index contributed by atoms with van der Waals surface area (Å²) in [5.74, 6) is 0.674. The van der Waals surface area contributed by atoms with Gasteiger partial charge >= 0.3 is 6.18 Å². The molecular formula is C21H25F3N4O4S. The quantitative estimate of drug-likeness (QED) is 0.659. The van der Waals surface area contributed by atoms with Gasteiger partial charge in [0, 0.05) is 32.1 Å². The SMILES string of the molecule is Cc1noc(C2CCCN(C(=O)C3CCN(S(=O)(=O)c4cccc(C(F)(F)F)c4)CC3)C2)n1. The highest BCUT2D eigenvalue weighted by atomic mass is 32.2. The summed E-state index contributed by atoms with van der Waals surface area (Å²) in [4.78, 5) is 18.7. The molecule has 0 radical (unpaired) electrons. The van der Waals surface area contributed by atoms with Gasteiger partial charge in [-0.3, -0.25) is 4.79 Å². The number of aryl methyl sites for hydroxylation is 1. The molecule has 8 nitrogen and oxygen atoms in total. The fourth-order valence-electron chi connectivity index (χ4n) is 4.44. The molecule has 1 atom stereocenters. The number of amides is 1. The molecule has 2 aromatic rings. The molecule has 1 aromatic carbocycles. The molecule has 4 rings (SSSR count). The van der Waals surface area contributed by atoms with E-state index in [9.17, 15) is 26.4 Å². The summed E-state index contributed by atoms with van der Waals surface area (Å²) in [6.45, 7) is 2.98. The van der Waals surface area contributed by atoms with Crippen molar-refractivity contribution in [1.82, 2.24) is 19.3 Å². The molecule has 0 saturated carbocycles. The molecule has 2 saturated heterocycles. The maximum absolute atomic E-state index is 13.1. The molecule has 0 N–H and O–H groups in total. The van der Waals surface area contributed by atoms with Crippen LogP contribution in [-0.4, -0.2) is 59.8 Å². The largest absolute Gasteiger partial charge is 0.416 e. The van der Waals surface area contributed by atoms with E-state index in [0.29, 0.717) is 43.7 Å². The number of hydrogen-bond acceptors (Lipinski definition) is 6. The lowest BCUT2D eigenvalue weighted by molar-refractivity contribution is -0.138. The maximum Gasteiger partial charge on any atom is 0.416 e. The van der Waals surface area contributed by atoms with Crippen LogP contribution >= 0.6 is 0 Å². The lowest BCUT2D eigenvalue weighted by Crippen LogP contribution is -2.46. The summed E-state index contributed by atoms with van der Waals surface area (Å²) in [6, 6.07) is 3.74. The third kappa shape index (κ3) is 5.06. The Bertz CT molecular complexity index is 1110. The van der Waals surface area contributed by atoms with E-state index >= 15 is 0 Å². The van der Waals surface area contributed by atoms with E-state index in [1.807, 2.05) is 0 Å². The summed E-state index contributed by atoms with van der Waals surface area (Å²) < 4.78 is 71.2. The average Bonchev–Trinajstić information content (AvgIpc) is 3.24. The van der Waals surface area contributed by atoms with Crippen molar-refractivity contribution in [1.29, 1.82) is 0 Å². The first-order valence-corrected chi connectivity index (χ1v) is 12.3. The number of nitrogens with zero attached hydrogens (tertiary/aromatic N) is 4. The van der Waals surface area contributed by atoms with Crippen LogP contribution in [0.1, 0.15) is 48.9 Å². The van der Waals surface area contributed by atoms with Crippen LogP contribution in [0.15, 0.2) is 33.7 Å². The van der Waals surface area contributed by atoms with E-state index in [4.69, 9.17) is 4.52 Å². The van der Waals surface area contributed by atoms with Crippen LogP contribution in [0.2, 0.25) is 0 Å². The van der Waals surface area contributed by atoms with Gasteiger partial charge in [-0.1, -0.05) is 11.2 Å². The third-order valence-corrected chi connectivity index (χ3v) is 8.12. The van der Waals surface area contributed by atoms with Crippen molar-refractivity contribution in [2.75, 3.05) is 26.2 Å². The number of aromatic nitrogens is 2. The van der Waals surface area contributed by atoms with Crippen molar-refractivity contribution in [3.8, 4) is 0 Å². The molecule has 0 bridgehead atoms. The molecule has 2 fully saturated rings. The second-order valence-corrected chi connectivity index (χ2v) is 10.4. The van der Waals surface area contributed by atoms with Crippen LogP contribution in [0.4, 0.5) is 13.2 Å². The van der Waals surface area contributed by atoms with Crippen molar-refractivity contribution < 1.29 is 30.9 Å². The van der Waals surface area contributed by atoms with Crippen LogP contribution < -0.4 is 0 Å². The second kappa shape index (κ2) is 9.05. The van der Waals surface area contributed by atoms with Crippen molar-refractivity contribution in [2.45, 2.75) is 49.6 Å². The molecule has 1 unspecified atom stereocenters. The normalized spacial score (nSPS) is 21.3. The van der Waals surface area contributed by atoms with E-state index in [0.717, 1.165) is 35.3 Å². The Morgan fingerprint density at radius 3 is 2.52 bits per heavy atom. The van der Waals surface area contributed by atoms with Gasteiger partial charge in [-0.15, -0.1) is 0 Å². The minimum absolute atomic E-state index is 0.0229. The smallest absolute Gasteiger partial charge is 0.342 e. The first kappa shape index (κ1) is 23.7. The highest BCUT2D eigenvalue weighted by molar-refractivity contribution is 7.89. The molecular weight excluding hydrogens is 461 g/mol. The molecule has 0 aliphatic carbocycles. The minimum Gasteiger partial charge on any atom is -0.342 e. The first-order valence-electron chi connectivity index (χ1n) is 10.8. The van der Waals surface area contributed by atoms with Crippen LogP contribution in [0, 0.1) is 12.8 Å². The Morgan fingerprint density at radius 1 is 1.15 bits per heavy atom. The molecule has 12 heteroatoms. The van der Waals surface area contributed by atoms with Gasteiger partial charge in [-0.2, -0.15) is 22.5 Å². The maximum atomic E-state index is 13.1. The average molecular weight is 487 g/mol. The predicted octanol–water partition coefficient (Wildman–Crippen LogP) is 3.20. The van der Waals surface area contributed by atoms with Crippen LogP contribution in [0.5, 0.6) is 0 Å². The molecule has 2 aliphatic rings. The molecule has 180 valence electrons. The van der Waals surface area contributed by atoms with Crippen molar-refractivity contribution >= 4 is 15.9 Å². The number of likely N-dealkylation sites (tertiary alicyclic amines) is 1. The molecule has 1 amide bonds. The Hall–Kier alpha value is -2.47. The Balaban J connectivity index is 1.38. The number of carbonyl (C=O) groups excluding carboxylic acids is 1. The van der Waals surface area contributed by atoms with Gasteiger partial charge in [0.1, 0.15) is 0 Å². The summed E-state index contributed by atoms with van der Waals surface area (Å²) in [5.41, 5.74) is -1.01. The van der Waals surface area contributed by atoms with Gasteiger partial charge in [0.05, 0.1) is 16.4 Å². The highest BCUT2D eigenvalue weighted by Crippen LogP contribution is 2.33. The van der Waals surface area contributed by atoms with E-state index in [1.165, 1.54) is 0 Å². The molecule has 3 heterocycles. The topological polar surface area (TPSA) is 96.6 Å². The van der Waals surface area contributed by atoms with E-state index < -0.39 is 26.7 Å². The minimum atomic E-state index is -4.63.